The Morgan fingerprint density at radius 3 is 1.00 bits per heavy atom. The van der Waals surface area contributed by atoms with Crippen LogP contribution in [0.1, 0.15) is 0 Å². The Bertz CT molecular complexity index is 11.6. The minimum atomic E-state index is -0.139. The summed E-state index contributed by atoms with van der Waals surface area (Å²) >= 11 is -0.139. The van der Waals surface area contributed by atoms with Crippen molar-refractivity contribution in [3.05, 3.63) is 0 Å². The Morgan fingerprint density at radius 2 is 1.00 bits per heavy atom. The molecule has 0 aliphatic heterocycles. The van der Waals surface area contributed by atoms with Crippen LogP contribution in [0, 0.1) is 0 Å². The minimum Gasteiger partial charge on any atom is -0.106 e. The van der Waals surface area contributed by atoms with Crippen molar-refractivity contribution in [2.75, 3.05) is 0 Å². The van der Waals surface area contributed by atoms with Crippen molar-refractivity contribution in [3.63, 3.8) is 0 Å². The maximum absolute atomic E-state index is 2.31. The van der Waals surface area contributed by atoms with E-state index in [1.807, 2.05) is 0 Å². The molecule has 0 fully saturated rings. The van der Waals surface area contributed by atoms with Crippen LogP contribution >= 0.6 is 0 Å². The zero-order chi connectivity index (χ0) is 3.58. The van der Waals surface area contributed by atoms with Gasteiger partial charge in [-0.15, -0.1) is 17.4 Å². The van der Waals surface area contributed by atoms with E-state index in [0.717, 1.165) is 0 Å². The summed E-state index contributed by atoms with van der Waals surface area (Å²) in [5.41, 5.74) is 0. The number of hydrogen-bond acceptors (Lipinski definition) is 0. The van der Waals surface area contributed by atoms with Gasteiger partial charge in [-0.3, -0.25) is 0 Å². The van der Waals surface area contributed by atoms with Gasteiger partial charge in [0.25, 0.3) is 14.1 Å². The third-order valence-electron chi connectivity index (χ3n) is 0. The zero-order valence-electron chi connectivity index (χ0n) is 4.15. The van der Waals surface area contributed by atoms with E-state index in [0.29, 0.717) is 0 Å². The van der Waals surface area contributed by atoms with Crippen LogP contribution in [0.15, 0.2) is 0 Å². The molecule has 2 heteroatoms. The third kappa shape index (κ3) is 27.8. The van der Waals surface area contributed by atoms with E-state index in [2.05, 4.69) is 17.4 Å². The molecule has 27 valence electrons. The molecule has 0 aliphatic carbocycles. The molecule has 0 atom stereocenters. The van der Waals surface area contributed by atoms with E-state index in [1.54, 1.807) is 0 Å². The van der Waals surface area contributed by atoms with Gasteiger partial charge in [0.1, 0.15) is 0 Å². The van der Waals surface area contributed by atoms with E-state index < -0.39 is 0 Å². The van der Waals surface area contributed by atoms with Crippen molar-refractivity contribution in [2.24, 2.45) is 0 Å². The first kappa shape index (κ1) is 9.81. The monoisotopic (exact) mass is 161 g/mol. The standard InChI is InChI=1S/3CH3.Al.Y/h3*1H3;;. The van der Waals surface area contributed by atoms with Crippen LogP contribution in [-0.2, 0) is 32.7 Å². The average molecular weight is 161 g/mol. The molecule has 1 radical (unpaired) electrons. The second kappa shape index (κ2) is 5.64. The maximum Gasteiger partial charge on any atom is 0.251 e. The molecule has 0 aromatic carbocycles. The topological polar surface area (TPSA) is 0 Å². The molecule has 0 bridgehead atoms. The maximum atomic E-state index is 2.31. The van der Waals surface area contributed by atoms with Gasteiger partial charge in [0.05, 0.1) is 0 Å². The van der Waals surface area contributed by atoms with Gasteiger partial charge in [-0.2, -0.15) is 0 Å². The summed E-state index contributed by atoms with van der Waals surface area (Å²) in [6, 6.07) is 0. The van der Waals surface area contributed by atoms with Crippen LogP contribution in [0.4, 0.5) is 0 Å². The van der Waals surface area contributed by atoms with Crippen molar-refractivity contribution in [3.8, 4) is 0 Å². The largest absolute Gasteiger partial charge is 0.251 e. The molecule has 0 unspecified atom stereocenters. The second-order valence-electron chi connectivity index (χ2n) is 1.73. The summed E-state index contributed by atoms with van der Waals surface area (Å²) in [5.74, 6) is 6.92. The summed E-state index contributed by atoms with van der Waals surface area (Å²) < 4.78 is 0. The first-order chi connectivity index (χ1) is 1.73. The smallest absolute Gasteiger partial charge is 0.106 e. The third-order valence-corrected chi connectivity index (χ3v) is 0. The molecular formula is C3H9AlY. The van der Waals surface area contributed by atoms with Gasteiger partial charge >= 0.3 is 0 Å². The summed E-state index contributed by atoms with van der Waals surface area (Å²) in [4.78, 5) is 0. The van der Waals surface area contributed by atoms with E-state index in [1.165, 1.54) is 0 Å². The molecule has 0 amide bonds. The normalized spacial score (nSPS) is 5.40. The molecule has 0 aromatic heterocycles. The molecule has 0 spiro atoms. The second-order valence-corrected chi connectivity index (χ2v) is 5.20. The molecule has 5 heavy (non-hydrogen) atoms. The number of rotatable bonds is 0. The van der Waals surface area contributed by atoms with Crippen LogP contribution in [0.5, 0.6) is 0 Å². The zero-order valence-corrected chi connectivity index (χ0v) is 8.15. The molecule has 0 aromatic rings. The van der Waals surface area contributed by atoms with Gasteiger partial charge < -0.3 is 0 Å². The fourth-order valence-electron chi connectivity index (χ4n) is 0. The van der Waals surface area contributed by atoms with Gasteiger partial charge in [-0.1, -0.05) is 0 Å². The van der Waals surface area contributed by atoms with E-state index in [4.69, 9.17) is 0 Å². The molecule has 0 aliphatic rings. The van der Waals surface area contributed by atoms with Crippen molar-refractivity contribution >= 4 is 14.1 Å². The summed E-state index contributed by atoms with van der Waals surface area (Å²) in [6.45, 7) is 0. The summed E-state index contributed by atoms with van der Waals surface area (Å²) in [6.07, 6.45) is 0. The van der Waals surface area contributed by atoms with Gasteiger partial charge in [0.2, 0.25) is 0 Å². The van der Waals surface area contributed by atoms with Crippen molar-refractivity contribution in [2.45, 2.75) is 17.4 Å². The Kier molecular flexibility index (Phi) is 11.1. The van der Waals surface area contributed by atoms with Gasteiger partial charge in [0.15, 0.2) is 0 Å². The predicted octanol–water partition coefficient (Wildman–Crippen LogP) is 1.37. The van der Waals surface area contributed by atoms with E-state index in [-0.39, 0.29) is 46.9 Å². The molecule has 0 nitrogen and oxygen atoms in total. The van der Waals surface area contributed by atoms with E-state index in [9.17, 15) is 0 Å². The molecule has 0 saturated heterocycles. The van der Waals surface area contributed by atoms with Crippen molar-refractivity contribution < 1.29 is 32.7 Å². The Morgan fingerprint density at radius 1 is 1.00 bits per heavy atom. The van der Waals surface area contributed by atoms with Gasteiger partial charge in [-0.25, -0.2) is 0 Å². The quantitative estimate of drug-likeness (QED) is 0.470. The van der Waals surface area contributed by atoms with E-state index >= 15 is 0 Å². The predicted molar refractivity (Wildman–Crippen MR) is 23.3 cm³/mol. The Balaban J connectivity index is 0. The average Bonchev–Trinajstić information content (AvgIpc) is 0.811. The van der Waals surface area contributed by atoms with Gasteiger partial charge in [0, 0.05) is 32.7 Å². The van der Waals surface area contributed by atoms with Crippen LogP contribution in [0.3, 0.4) is 0 Å². The number of hydrogen-bond donors (Lipinski definition) is 0. The van der Waals surface area contributed by atoms with Crippen LogP contribution in [0.2, 0.25) is 17.4 Å². The van der Waals surface area contributed by atoms with Crippen LogP contribution in [0.25, 0.3) is 0 Å². The minimum absolute atomic E-state index is 0. The fraction of sp³-hybridized carbons (Fsp3) is 1.00. The molecule has 0 N–H and O–H groups in total. The first-order valence-corrected chi connectivity index (χ1v) is 5.20. The molecule has 0 saturated carbocycles. The summed E-state index contributed by atoms with van der Waals surface area (Å²) in [7, 11) is 0. The first-order valence-electron chi connectivity index (χ1n) is 1.73. The molecule has 0 heterocycles. The fourth-order valence-corrected chi connectivity index (χ4v) is 0. The van der Waals surface area contributed by atoms with Crippen molar-refractivity contribution in [1.29, 1.82) is 0 Å². The van der Waals surface area contributed by atoms with Crippen LogP contribution < -0.4 is 0 Å². The van der Waals surface area contributed by atoms with Gasteiger partial charge in [-0.05, 0) is 0 Å². The molecule has 0 rings (SSSR count). The summed E-state index contributed by atoms with van der Waals surface area (Å²) in [5, 5.41) is 0. The Labute approximate surface area is 63.6 Å². The van der Waals surface area contributed by atoms with Crippen molar-refractivity contribution in [1.82, 2.24) is 0 Å². The van der Waals surface area contributed by atoms with Crippen LogP contribution in [-0.4, -0.2) is 14.1 Å². The SMILES string of the molecule is [CH3][Al]([CH3])[CH3].[Y]. The molecular weight excluding hydrogens is 152 g/mol. The Hall–Kier alpha value is 1.64.